The summed E-state index contributed by atoms with van der Waals surface area (Å²) < 4.78 is 40.6. The molecule has 7 heteroatoms. The van der Waals surface area contributed by atoms with Gasteiger partial charge in [0.15, 0.2) is 5.69 Å². The molecule has 1 aliphatic carbocycles. The summed E-state index contributed by atoms with van der Waals surface area (Å²) >= 11 is 0. The summed E-state index contributed by atoms with van der Waals surface area (Å²) in [5, 5.41) is 6.12. The lowest BCUT2D eigenvalue weighted by Gasteiger charge is -2.12. The fraction of sp³-hybridized carbons (Fsp3) is 0.692. The number of amides is 1. The van der Waals surface area contributed by atoms with E-state index in [1.54, 1.807) is 6.92 Å². The molecule has 0 spiro atoms. The average molecular weight is 289 g/mol. The molecule has 1 fully saturated rings. The Morgan fingerprint density at radius 1 is 1.40 bits per heavy atom. The van der Waals surface area contributed by atoms with E-state index in [4.69, 9.17) is 0 Å². The fourth-order valence-corrected chi connectivity index (χ4v) is 2.74. The molecule has 1 aliphatic rings. The van der Waals surface area contributed by atoms with Crippen LogP contribution >= 0.6 is 0 Å². The highest BCUT2D eigenvalue weighted by atomic mass is 19.4. The monoisotopic (exact) mass is 289 g/mol. The maximum atomic E-state index is 13.1. The van der Waals surface area contributed by atoms with Crippen LogP contribution in [0.15, 0.2) is 0 Å². The van der Waals surface area contributed by atoms with E-state index in [1.807, 2.05) is 0 Å². The SMILES string of the molecule is CCNC(=O)c1c(C(F)(F)F)nn(C2CCCC2)c1C. The van der Waals surface area contributed by atoms with Crippen molar-refractivity contribution in [2.24, 2.45) is 0 Å². The predicted molar refractivity (Wildman–Crippen MR) is 67.5 cm³/mol. The Hall–Kier alpha value is -1.53. The first-order chi connectivity index (χ1) is 9.36. The highest BCUT2D eigenvalue weighted by Crippen LogP contribution is 2.36. The van der Waals surface area contributed by atoms with Crippen molar-refractivity contribution >= 4 is 5.91 Å². The third-order valence-electron chi connectivity index (χ3n) is 3.65. The smallest absolute Gasteiger partial charge is 0.352 e. The standard InChI is InChI=1S/C13H18F3N3O/c1-3-17-12(20)10-8(2)19(9-6-4-5-7-9)18-11(10)13(14,15)16/h9H,3-7H2,1-2H3,(H,17,20). The van der Waals surface area contributed by atoms with E-state index in [0.717, 1.165) is 25.7 Å². The minimum atomic E-state index is -4.62. The number of aromatic nitrogens is 2. The fourth-order valence-electron chi connectivity index (χ4n) is 2.74. The zero-order valence-electron chi connectivity index (χ0n) is 11.5. The van der Waals surface area contributed by atoms with Crippen LogP contribution in [0, 0.1) is 6.92 Å². The van der Waals surface area contributed by atoms with Gasteiger partial charge in [0.2, 0.25) is 0 Å². The van der Waals surface area contributed by atoms with Gasteiger partial charge in [0.25, 0.3) is 5.91 Å². The van der Waals surface area contributed by atoms with Gasteiger partial charge in [0, 0.05) is 12.2 Å². The van der Waals surface area contributed by atoms with Crippen molar-refractivity contribution in [3.05, 3.63) is 17.0 Å². The minimum absolute atomic E-state index is 0.0284. The summed E-state index contributed by atoms with van der Waals surface area (Å²) in [4.78, 5) is 11.9. The van der Waals surface area contributed by atoms with E-state index in [1.165, 1.54) is 11.6 Å². The number of rotatable bonds is 3. The molecule has 1 amide bonds. The van der Waals surface area contributed by atoms with Gasteiger partial charge in [-0.1, -0.05) is 12.8 Å². The Bertz CT molecular complexity index is 502. The number of alkyl halides is 3. The normalized spacial score (nSPS) is 16.6. The molecule has 0 bridgehead atoms. The van der Waals surface area contributed by atoms with Gasteiger partial charge in [-0.05, 0) is 26.7 Å². The van der Waals surface area contributed by atoms with Crippen LogP contribution in [-0.2, 0) is 6.18 Å². The second-order valence-electron chi connectivity index (χ2n) is 5.05. The van der Waals surface area contributed by atoms with Gasteiger partial charge in [-0.2, -0.15) is 18.3 Å². The van der Waals surface area contributed by atoms with E-state index in [0.29, 0.717) is 5.69 Å². The molecule has 2 rings (SSSR count). The van der Waals surface area contributed by atoms with Crippen LogP contribution < -0.4 is 5.32 Å². The lowest BCUT2D eigenvalue weighted by Crippen LogP contribution is -2.26. The molecule has 0 atom stereocenters. The molecule has 112 valence electrons. The lowest BCUT2D eigenvalue weighted by atomic mass is 10.1. The van der Waals surface area contributed by atoms with Gasteiger partial charge in [-0.3, -0.25) is 9.48 Å². The number of nitrogens with one attached hydrogen (secondary N) is 1. The zero-order valence-corrected chi connectivity index (χ0v) is 11.5. The summed E-state index contributed by atoms with van der Waals surface area (Å²) in [5.41, 5.74) is -1.12. The molecule has 0 unspecified atom stereocenters. The Labute approximate surface area is 115 Å². The lowest BCUT2D eigenvalue weighted by molar-refractivity contribution is -0.141. The van der Waals surface area contributed by atoms with E-state index in [2.05, 4.69) is 10.4 Å². The van der Waals surface area contributed by atoms with Crippen LogP contribution in [0.2, 0.25) is 0 Å². The Kier molecular flexibility index (Phi) is 4.06. The van der Waals surface area contributed by atoms with E-state index in [-0.39, 0.29) is 18.2 Å². The van der Waals surface area contributed by atoms with Crippen LogP contribution in [0.3, 0.4) is 0 Å². The Balaban J connectivity index is 2.49. The van der Waals surface area contributed by atoms with Gasteiger partial charge < -0.3 is 5.32 Å². The third-order valence-corrected chi connectivity index (χ3v) is 3.65. The summed E-state index contributed by atoms with van der Waals surface area (Å²) in [6.45, 7) is 3.48. The van der Waals surface area contributed by atoms with Crippen molar-refractivity contribution < 1.29 is 18.0 Å². The second kappa shape index (κ2) is 5.46. The van der Waals surface area contributed by atoms with Crippen molar-refractivity contribution in [2.75, 3.05) is 6.54 Å². The van der Waals surface area contributed by atoms with Crippen molar-refractivity contribution in [1.82, 2.24) is 15.1 Å². The molecule has 1 heterocycles. The number of carbonyl (C=O) groups excluding carboxylic acids is 1. The molecule has 0 aromatic carbocycles. The maximum Gasteiger partial charge on any atom is 0.435 e. The first-order valence-electron chi connectivity index (χ1n) is 6.80. The second-order valence-corrected chi connectivity index (χ2v) is 5.05. The molecular weight excluding hydrogens is 271 g/mol. The quantitative estimate of drug-likeness (QED) is 0.929. The van der Waals surface area contributed by atoms with Gasteiger partial charge in [-0.25, -0.2) is 0 Å². The molecule has 1 saturated carbocycles. The molecule has 4 nitrogen and oxygen atoms in total. The van der Waals surface area contributed by atoms with Crippen LogP contribution in [0.5, 0.6) is 0 Å². The van der Waals surface area contributed by atoms with Gasteiger partial charge in [0.05, 0.1) is 11.6 Å². The van der Waals surface area contributed by atoms with Crippen LogP contribution in [0.1, 0.15) is 60.4 Å². The highest BCUT2D eigenvalue weighted by Gasteiger charge is 2.41. The highest BCUT2D eigenvalue weighted by molar-refractivity contribution is 5.96. The topological polar surface area (TPSA) is 46.9 Å². The van der Waals surface area contributed by atoms with Crippen molar-refractivity contribution in [3.8, 4) is 0 Å². The number of carbonyl (C=O) groups is 1. The van der Waals surface area contributed by atoms with Crippen molar-refractivity contribution in [3.63, 3.8) is 0 Å². The maximum absolute atomic E-state index is 13.1. The van der Waals surface area contributed by atoms with E-state index < -0.39 is 17.8 Å². The molecule has 1 aromatic heterocycles. The van der Waals surface area contributed by atoms with Gasteiger partial charge >= 0.3 is 6.18 Å². The summed E-state index contributed by atoms with van der Waals surface area (Å²) in [6, 6.07) is -0.0284. The summed E-state index contributed by atoms with van der Waals surface area (Å²) in [5.74, 6) is -0.707. The third kappa shape index (κ3) is 2.66. The molecule has 1 N–H and O–H groups in total. The average Bonchev–Trinajstić information content (AvgIpc) is 2.94. The molecule has 0 radical (unpaired) electrons. The number of hydrogen-bond donors (Lipinski definition) is 1. The number of hydrogen-bond acceptors (Lipinski definition) is 2. The zero-order chi connectivity index (χ0) is 14.9. The molecule has 0 saturated heterocycles. The first kappa shape index (κ1) is 14.9. The van der Waals surface area contributed by atoms with Crippen LogP contribution in [-0.4, -0.2) is 22.2 Å². The number of halogens is 3. The summed E-state index contributed by atoms with van der Waals surface area (Å²) in [6.07, 6.45) is -1.01. The largest absolute Gasteiger partial charge is 0.435 e. The summed E-state index contributed by atoms with van der Waals surface area (Å²) in [7, 11) is 0. The van der Waals surface area contributed by atoms with Gasteiger partial charge in [0.1, 0.15) is 0 Å². The molecular formula is C13H18F3N3O. The van der Waals surface area contributed by atoms with Crippen molar-refractivity contribution in [2.45, 2.75) is 51.7 Å². The van der Waals surface area contributed by atoms with E-state index >= 15 is 0 Å². The Morgan fingerprint density at radius 2 is 2.00 bits per heavy atom. The number of nitrogens with zero attached hydrogens (tertiary/aromatic N) is 2. The van der Waals surface area contributed by atoms with E-state index in [9.17, 15) is 18.0 Å². The Morgan fingerprint density at radius 3 is 2.50 bits per heavy atom. The van der Waals surface area contributed by atoms with Crippen LogP contribution in [0.25, 0.3) is 0 Å². The minimum Gasteiger partial charge on any atom is -0.352 e. The van der Waals surface area contributed by atoms with Crippen LogP contribution in [0.4, 0.5) is 13.2 Å². The van der Waals surface area contributed by atoms with Crippen molar-refractivity contribution in [1.29, 1.82) is 0 Å². The molecule has 0 aliphatic heterocycles. The molecule has 20 heavy (non-hydrogen) atoms. The first-order valence-corrected chi connectivity index (χ1v) is 6.80. The molecule has 1 aromatic rings. The predicted octanol–water partition coefficient (Wildman–Crippen LogP) is 3.08. The van der Waals surface area contributed by atoms with Gasteiger partial charge in [-0.15, -0.1) is 0 Å².